The van der Waals surface area contributed by atoms with Gasteiger partial charge in [-0.15, -0.1) is 13.2 Å². The third kappa shape index (κ3) is 4.98. The van der Waals surface area contributed by atoms with Crippen molar-refractivity contribution in [1.82, 2.24) is 4.90 Å². The molecule has 3 saturated heterocycles. The van der Waals surface area contributed by atoms with Gasteiger partial charge in [0.2, 0.25) is 5.91 Å². The van der Waals surface area contributed by atoms with Gasteiger partial charge in [0.05, 0.1) is 37.2 Å². The van der Waals surface area contributed by atoms with E-state index in [1.165, 1.54) is 4.90 Å². The van der Waals surface area contributed by atoms with Crippen LogP contribution >= 0.6 is 15.9 Å². The lowest BCUT2D eigenvalue weighted by molar-refractivity contribution is -0.155. The molecular weight excluding hydrogens is 564 g/mol. The van der Waals surface area contributed by atoms with Crippen LogP contribution in [0, 0.1) is 25.7 Å². The van der Waals surface area contributed by atoms with Gasteiger partial charge >= 0.3 is 5.97 Å². The highest BCUT2D eigenvalue weighted by atomic mass is 79.9. The van der Waals surface area contributed by atoms with Gasteiger partial charge in [-0.3, -0.25) is 14.4 Å². The van der Waals surface area contributed by atoms with Crippen molar-refractivity contribution in [2.45, 2.75) is 75.1 Å². The summed E-state index contributed by atoms with van der Waals surface area (Å²) >= 11 is 3.68. The van der Waals surface area contributed by atoms with E-state index < -0.39 is 41.6 Å². The van der Waals surface area contributed by atoms with Crippen molar-refractivity contribution in [2.75, 3.05) is 24.7 Å². The molecule has 3 unspecified atom stereocenters. The van der Waals surface area contributed by atoms with Crippen LogP contribution in [0.1, 0.15) is 43.7 Å². The normalized spacial score (nSPS) is 29.7. The van der Waals surface area contributed by atoms with Crippen LogP contribution in [0.25, 0.3) is 0 Å². The summed E-state index contributed by atoms with van der Waals surface area (Å²) in [6, 6.07) is 4.27. The van der Waals surface area contributed by atoms with Gasteiger partial charge in [0.25, 0.3) is 5.91 Å². The number of rotatable bonds is 12. The lowest BCUT2D eigenvalue weighted by Gasteiger charge is -2.39. The first-order chi connectivity index (χ1) is 18.7. The molecule has 0 aromatic heterocycles. The molecule has 2 bridgehead atoms. The molecule has 7 atom stereocenters. The summed E-state index contributed by atoms with van der Waals surface area (Å²) in [5.41, 5.74) is 1.40. The van der Waals surface area contributed by atoms with Gasteiger partial charge in [-0.25, -0.2) is 0 Å². The van der Waals surface area contributed by atoms with E-state index in [-0.39, 0.29) is 36.4 Å². The first-order valence-corrected chi connectivity index (χ1v) is 14.6. The lowest BCUT2D eigenvalue weighted by Crippen LogP contribution is -2.59. The summed E-state index contributed by atoms with van der Waals surface area (Å²) in [6.07, 6.45) is 5.00. The fraction of sp³-hybridized carbons (Fsp3) is 0.567. The molecule has 1 aromatic rings. The number of benzene rings is 1. The van der Waals surface area contributed by atoms with Crippen molar-refractivity contribution in [2.24, 2.45) is 11.8 Å². The highest BCUT2D eigenvalue weighted by molar-refractivity contribution is 9.09. The van der Waals surface area contributed by atoms with Crippen LogP contribution in [0.4, 0.5) is 5.69 Å². The smallest absolute Gasteiger partial charge is 0.312 e. The molecule has 0 saturated carbocycles. The molecule has 39 heavy (non-hydrogen) atoms. The van der Waals surface area contributed by atoms with Crippen molar-refractivity contribution in [3.05, 3.63) is 54.6 Å². The van der Waals surface area contributed by atoms with Gasteiger partial charge in [0.1, 0.15) is 11.6 Å². The number of aliphatic hydroxyl groups is 1. The largest absolute Gasteiger partial charge is 0.465 e. The summed E-state index contributed by atoms with van der Waals surface area (Å²) in [5, 5.41) is 10.3. The number of hydrogen-bond donors (Lipinski definition) is 1. The van der Waals surface area contributed by atoms with Gasteiger partial charge in [-0.05, 0) is 56.7 Å². The SMILES string of the molecule is C=CCCCOC(=O)[C@H]1[C@H]2C(=O)N([C@@H](CC)CO)C(C(=O)N(CC=C)c3cc(C)ccc3C)C23CC(Br)[C@@H]1O3. The number of hydrogen-bond acceptors (Lipinski definition) is 6. The first kappa shape index (κ1) is 29.5. The van der Waals surface area contributed by atoms with Crippen LogP contribution < -0.4 is 4.90 Å². The Hall–Kier alpha value is -2.49. The number of allylic oxidation sites excluding steroid dienone is 1. The number of alkyl halides is 1. The summed E-state index contributed by atoms with van der Waals surface area (Å²) in [6.45, 7) is 13.5. The van der Waals surface area contributed by atoms with Crippen LogP contribution in [0.15, 0.2) is 43.5 Å². The maximum absolute atomic E-state index is 14.6. The van der Waals surface area contributed by atoms with Crippen LogP contribution in [-0.2, 0) is 23.9 Å². The topological polar surface area (TPSA) is 96.4 Å². The molecule has 3 aliphatic heterocycles. The molecule has 3 fully saturated rings. The predicted octanol–water partition coefficient (Wildman–Crippen LogP) is 3.85. The molecule has 0 radical (unpaired) electrons. The highest BCUT2D eigenvalue weighted by Gasteiger charge is 2.77. The molecule has 2 amide bonds. The minimum absolute atomic E-state index is 0.217. The molecule has 212 valence electrons. The standard InChI is InChI=1S/C30H39BrN2O6/c1-6-9-10-14-38-29(37)23-24-27(35)33(20(8-3)17-34)26(30(24)16-21(31)25(23)39-30)28(36)32(13-7-2)22-15-18(4)11-12-19(22)5/h6-7,11-12,15,20-21,23-26,34H,1-2,8-10,13-14,16-17H2,3-5H3/t20-,21?,23-,24-,25-,26?,30?/m0/s1. The van der Waals surface area contributed by atoms with Crippen LogP contribution in [0.2, 0.25) is 0 Å². The molecular formula is C30H39BrN2O6. The molecule has 0 aliphatic carbocycles. The van der Waals surface area contributed by atoms with Gasteiger partial charge in [0.15, 0.2) is 0 Å². The summed E-state index contributed by atoms with van der Waals surface area (Å²) in [7, 11) is 0. The third-order valence-corrected chi connectivity index (χ3v) is 9.18. The Morgan fingerprint density at radius 1 is 1.33 bits per heavy atom. The number of unbranched alkanes of at least 4 members (excludes halogenated alkanes) is 1. The van der Waals surface area contributed by atoms with E-state index in [0.717, 1.165) is 16.8 Å². The van der Waals surface area contributed by atoms with Crippen LogP contribution in [0.5, 0.6) is 0 Å². The maximum atomic E-state index is 14.6. The predicted molar refractivity (Wildman–Crippen MR) is 153 cm³/mol. The number of halogens is 1. The molecule has 1 N–H and O–H groups in total. The summed E-state index contributed by atoms with van der Waals surface area (Å²) in [4.78, 5) is 45.1. The van der Waals surface area contributed by atoms with Crippen molar-refractivity contribution in [3.63, 3.8) is 0 Å². The summed E-state index contributed by atoms with van der Waals surface area (Å²) < 4.78 is 12.2. The van der Waals surface area contributed by atoms with Crippen molar-refractivity contribution in [1.29, 1.82) is 0 Å². The number of esters is 1. The zero-order chi connectivity index (χ0) is 28.5. The van der Waals surface area contributed by atoms with E-state index >= 15 is 0 Å². The number of fused-ring (bicyclic) bond motifs is 1. The average molecular weight is 604 g/mol. The van der Waals surface area contributed by atoms with Gasteiger partial charge in [-0.1, -0.05) is 47.1 Å². The highest BCUT2D eigenvalue weighted by Crippen LogP contribution is 2.61. The van der Waals surface area contributed by atoms with E-state index in [0.29, 0.717) is 25.7 Å². The number of amides is 2. The number of carbonyl (C=O) groups excluding carboxylic acids is 3. The van der Waals surface area contributed by atoms with Gasteiger partial charge in [-0.2, -0.15) is 0 Å². The Bertz CT molecular complexity index is 1140. The lowest BCUT2D eigenvalue weighted by atomic mass is 9.70. The third-order valence-electron chi connectivity index (χ3n) is 8.34. The quantitative estimate of drug-likeness (QED) is 0.169. The van der Waals surface area contributed by atoms with Crippen molar-refractivity contribution >= 4 is 39.4 Å². The Balaban J connectivity index is 1.79. The minimum Gasteiger partial charge on any atom is -0.465 e. The van der Waals surface area contributed by atoms with Crippen molar-refractivity contribution < 1.29 is 29.0 Å². The van der Waals surface area contributed by atoms with Gasteiger partial charge in [0, 0.05) is 17.1 Å². The van der Waals surface area contributed by atoms with E-state index in [9.17, 15) is 19.5 Å². The monoisotopic (exact) mass is 602 g/mol. The van der Waals surface area contributed by atoms with E-state index in [1.807, 2.05) is 39.0 Å². The first-order valence-electron chi connectivity index (χ1n) is 13.7. The Morgan fingerprint density at radius 3 is 2.72 bits per heavy atom. The molecule has 8 nitrogen and oxygen atoms in total. The zero-order valence-electron chi connectivity index (χ0n) is 23.0. The van der Waals surface area contributed by atoms with E-state index in [1.54, 1.807) is 17.1 Å². The molecule has 1 spiro atoms. The van der Waals surface area contributed by atoms with Crippen LogP contribution in [-0.4, -0.2) is 76.2 Å². The number of carbonyl (C=O) groups is 3. The Morgan fingerprint density at radius 2 is 2.08 bits per heavy atom. The number of ether oxygens (including phenoxy) is 2. The number of aliphatic hydroxyl groups excluding tert-OH is 1. The second kappa shape index (κ2) is 11.9. The second-order valence-corrected chi connectivity index (χ2v) is 12.0. The molecule has 9 heteroatoms. The van der Waals surface area contributed by atoms with Gasteiger partial charge < -0.3 is 24.4 Å². The second-order valence-electron chi connectivity index (χ2n) is 10.8. The van der Waals surface area contributed by atoms with Crippen molar-refractivity contribution in [3.8, 4) is 0 Å². The summed E-state index contributed by atoms with van der Waals surface area (Å²) in [5.74, 6) is -2.86. The van der Waals surface area contributed by atoms with E-state index in [2.05, 4.69) is 29.1 Å². The fourth-order valence-corrected chi connectivity index (χ4v) is 7.46. The number of likely N-dealkylation sites (tertiary alicyclic amines) is 1. The number of aryl methyl sites for hydroxylation is 2. The van der Waals surface area contributed by atoms with E-state index in [4.69, 9.17) is 9.47 Å². The zero-order valence-corrected chi connectivity index (χ0v) is 24.6. The molecule has 3 heterocycles. The Kier molecular flexibility index (Phi) is 9.03. The molecule has 4 rings (SSSR count). The Labute approximate surface area is 239 Å². The maximum Gasteiger partial charge on any atom is 0.312 e. The van der Waals surface area contributed by atoms with Crippen LogP contribution in [0.3, 0.4) is 0 Å². The molecule has 1 aromatic carbocycles. The number of anilines is 1. The molecule has 3 aliphatic rings. The minimum atomic E-state index is -1.22. The fourth-order valence-electron chi connectivity index (χ4n) is 6.51. The number of nitrogens with zero attached hydrogens (tertiary/aromatic N) is 2. The average Bonchev–Trinajstić information content (AvgIpc) is 3.51.